The quantitative estimate of drug-likeness (QED) is 0.380. The molecule has 0 spiro atoms. The van der Waals surface area contributed by atoms with Gasteiger partial charge in [-0.1, -0.05) is 53.6 Å². The van der Waals surface area contributed by atoms with Crippen molar-refractivity contribution >= 4 is 11.9 Å². The average Bonchev–Trinajstić information content (AvgIpc) is 3.52. The van der Waals surface area contributed by atoms with E-state index < -0.39 is 0 Å². The molecule has 0 saturated carbocycles. The summed E-state index contributed by atoms with van der Waals surface area (Å²) in [5, 5.41) is 19.8. The van der Waals surface area contributed by atoms with Gasteiger partial charge in [0.25, 0.3) is 11.8 Å². The lowest BCUT2D eigenvalue weighted by molar-refractivity contribution is 0.102. The van der Waals surface area contributed by atoms with Crippen molar-refractivity contribution in [2.45, 2.75) is 0 Å². The van der Waals surface area contributed by atoms with E-state index in [0.29, 0.717) is 11.3 Å². The summed E-state index contributed by atoms with van der Waals surface area (Å²) >= 11 is 0. The maximum atomic E-state index is 12.7. The second-order valence-corrected chi connectivity index (χ2v) is 7.05. The Morgan fingerprint density at radius 2 is 1.47 bits per heavy atom. The maximum absolute atomic E-state index is 12.7. The Balaban J connectivity index is 1.33. The number of rotatable bonds is 5. The summed E-state index contributed by atoms with van der Waals surface area (Å²) in [5.41, 5.74) is 4.38. The third kappa shape index (κ3) is 3.99. The highest BCUT2D eigenvalue weighted by Crippen LogP contribution is 2.27. The minimum Gasteiger partial charge on any atom is -0.508 e. The first kappa shape index (κ1) is 19.3. The molecule has 2 N–H and O–H groups in total. The highest BCUT2D eigenvalue weighted by atomic mass is 16.4. The number of aromatic hydroxyl groups is 1. The van der Waals surface area contributed by atoms with Gasteiger partial charge in [-0.25, -0.2) is 0 Å². The monoisotopic (exact) mass is 423 g/mol. The van der Waals surface area contributed by atoms with Crippen molar-refractivity contribution in [3.05, 3.63) is 96.8 Å². The Morgan fingerprint density at radius 3 is 2.16 bits per heavy atom. The summed E-state index contributed by atoms with van der Waals surface area (Å²) in [6, 6.07) is 25.7. The Kier molecular flexibility index (Phi) is 4.97. The van der Waals surface area contributed by atoms with Gasteiger partial charge in [-0.2, -0.15) is 0 Å². The topological polar surface area (TPSA) is 101 Å². The second kappa shape index (κ2) is 8.23. The van der Waals surface area contributed by atoms with E-state index in [-0.39, 0.29) is 23.6 Å². The fourth-order valence-electron chi connectivity index (χ4n) is 3.29. The molecule has 7 heteroatoms. The van der Waals surface area contributed by atoms with E-state index in [4.69, 9.17) is 8.83 Å². The summed E-state index contributed by atoms with van der Waals surface area (Å²) in [4.78, 5) is 12.7. The van der Waals surface area contributed by atoms with E-state index >= 15 is 0 Å². The minimum absolute atomic E-state index is 0.00921. The fraction of sp³-hybridized carbons (Fsp3) is 0. The first-order valence-electron chi connectivity index (χ1n) is 9.84. The fourth-order valence-corrected chi connectivity index (χ4v) is 3.29. The van der Waals surface area contributed by atoms with Gasteiger partial charge in [0.15, 0.2) is 5.76 Å². The van der Waals surface area contributed by atoms with E-state index in [0.717, 1.165) is 22.3 Å². The van der Waals surface area contributed by atoms with E-state index in [9.17, 15) is 9.90 Å². The first-order valence-corrected chi connectivity index (χ1v) is 9.84. The van der Waals surface area contributed by atoms with Crippen LogP contribution in [-0.2, 0) is 0 Å². The number of aromatic nitrogens is 2. The molecule has 2 aromatic heterocycles. The zero-order valence-corrected chi connectivity index (χ0v) is 16.7. The van der Waals surface area contributed by atoms with Crippen LogP contribution in [0.15, 0.2) is 100 Å². The van der Waals surface area contributed by atoms with Crippen LogP contribution < -0.4 is 5.32 Å². The van der Waals surface area contributed by atoms with Crippen molar-refractivity contribution in [2.24, 2.45) is 0 Å². The third-order valence-corrected chi connectivity index (χ3v) is 4.92. The van der Waals surface area contributed by atoms with Gasteiger partial charge in [-0.3, -0.25) is 10.1 Å². The van der Waals surface area contributed by atoms with Gasteiger partial charge in [-0.15, -0.1) is 5.10 Å². The third-order valence-electron chi connectivity index (χ3n) is 4.92. The van der Waals surface area contributed by atoms with Crippen LogP contribution in [0, 0.1) is 0 Å². The van der Waals surface area contributed by atoms with Gasteiger partial charge in [0.1, 0.15) is 5.75 Å². The van der Waals surface area contributed by atoms with Crippen LogP contribution in [0.25, 0.3) is 33.9 Å². The summed E-state index contributed by atoms with van der Waals surface area (Å²) in [6.07, 6.45) is 1.50. The number of carbonyl (C=O) groups excluding carboxylic acids is 1. The number of anilines is 1. The number of benzene rings is 3. The van der Waals surface area contributed by atoms with Crippen LogP contribution in [0.5, 0.6) is 5.75 Å². The zero-order valence-electron chi connectivity index (χ0n) is 16.7. The number of phenols is 1. The molecule has 5 rings (SSSR count). The molecule has 0 atom stereocenters. The van der Waals surface area contributed by atoms with Crippen molar-refractivity contribution < 1.29 is 18.7 Å². The molecule has 5 aromatic rings. The maximum Gasteiger partial charge on any atom is 0.322 e. The molecule has 0 aliphatic carbocycles. The number of carbonyl (C=O) groups is 1. The normalized spacial score (nSPS) is 10.8. The van der Waals surface area contributed by atoms with Crippen LogP contribution in [0.2, 0.25) is 0 Å². The van der Waals surface area contributed by atoms with Gasteiger partial charge in [-0.05, 0) is 58.7 Å². The number of phenolic OH excluding ortho intramolecular Hbond substituents is 1. The molecule has 0 saturated heterocycles. The molecular weight excluding hydrogens is 406 g/mol. The first-order chi connectivity index (χ1) is 15.7. The summed E-state index contributed by atoms with van der Waals surface area (Å²) in [5.74, 6) is 0.490. The number of amides is 1. The molecule has 0 bridgehead atoms. The van der Waals surface area contributed by atoms with Crippen LogP contribution in [0.4, 0.5) is 6.01 Å². The number of hydrogen-bond acceptors (Lipinski definition) is 6. The number of furan rings is 1. The largest absolute Gasteiger partial charge is 0.508 e. The highest BCUT2D eigenvalue weighted by molar-refractivity contribution is 6.03. The number of nitrogens with zero attached hydrogens (tertiary/aromatic N) is 2. The van der Waals surface area contributed by atoms with Crippen molar-refractivity contribution in [3.63, 3.8) is 0 Å². The standard InChI is InChI=1S/C25H17N3O4/c29-21-12-10-17(11-13-21)16-6-8-18(9-7-16)19-3-1-4-20(15-19)23(30)26-25-28-27-24(32-25)22-5-2-14-31-22/h1-15,29H,(H,26,28,30). The lowest BCUT2D eigenvalue weighted by atomic mass is 9.99. The molecule has 0 radical (unpaired) electrons. The zero-order chi connectivity index (χ0) is 21.9. The number of nitrogens with one attached hydrogen (secondary N) is 1. The van der Waals surface area contributed by atoms with Gasteiger partial charge in [0, 0.05) is 5.56 Å². The predicted molar refractivity (Wildman–Crippen MR) is 119 cm³/mol. The Bertz CT molecular complexity index is 1360. The summed E-state index contributed by atoms with van der Waals surface area (Å²) in [7, 11) is 0. The molecule has 7 nitrogen and oxygen atoms in total. The molecule has 0 aliphatic rings. The van der Waals surface area contributed by atoms with Crippen molar-refractivity contribution in [1.29, 1.82) is 0 Å². The van der Waals surface area contributed by atoms with Gasteiger partial charge in [0.2, 0.25) is 0 Å². The average molecular weight is 423 g/mol. The molecule has 156 valence electrons. The van der Waals surface area contributed by atoms with E-state index in [1.807, 2.05) is 48.5 Å². The Morgan fingerprint density at radius 1 is 0.781 bits per heavy atom. The summed E-state index contributed by atoms with van der Waals surface area (Å²) < 4.78 is 10.6. The molecule has 0 aliphatic heterocycles. The van der Waals surface area contributed by atoms with E-state index in [1.54, 1.807) is 36.4 Å². The lowest BCUT2D eigenvalue weighted by Crippen LogP contribution is -2.12. The van der Waals surface area contributed by atoms with Crippen molar-refractivity contribution in [3.8, 4) is 39.7 Å². The molecular formula is C25H17N3O4. The van der Waals surface area contributed by atoms with Crippen LogP contribution in [-0.4, -0.2) is 21.2 Å². The van der Waals surface area contributed by atoms with Crippen LogP contribution in [0.1, 0.15) is 10.4 Å². The smallest absolute Gasteiger partial charge is 0.322 e. The summed E-state index contributed by atoms with van der Waals surface area (Å²) in [6.45, 7) is 0. The Labute approximate surface area is 183 Å². The second-order valence-electron chi connectivity index (χ2n) is 7.05. The number of hydrogen-bond donors (Lipinski definition) is 2. The molecule has 0 unspecified atom stereocenters. The van der Waals surface area contributed by atoms with Crippen LogP contribution >= 0.6 is 0 Å². The molecule has 2 heterocycles. The molecule has 0 fully saturated rings. The molecule has 1 amide bonds. The SMILES string of the molecule is O=C(Nc1nnc(-c2ccco2)o1)c1cccc(-c2ccc(-c3ccc(O)cc3)cc2)c1. The minimum atomic E-state index is -0.359. The van der Waals surface area contributed by atoms with E-state index in [1.165, 1.54) is 6.26 Å². The van der Waals surface area contributed by atoms with Crippen LogP contribution in [0.3, 0.4) is 0 Å². The lowest BCUT2D eigenvalue weighted by Gasteiger charge is -2.07. The highest BCUT2D eigenvalue weighted by Gasteiger charge is 2.14. The van der Waals surface area contributed by atoms with Gasteiger partial charge in [0.05, 0.1) is 6.26 Å². The molecule has 3 aromatic carbocycles. The van der Waals surface area contributed by atoms with Crippen molar-refractivity contribution in [2.75, 3.05) is 5.32 Å². The van der Waals surface area contributed by atoms with Gasteiger partial charge >= 0.3 is 6.01 Å². The predicted octanol–water partition coefficient (Wildman–Crippen LogP) is 5.62. The van der Waals surface area contributed by atoms with E-state index in [2.05, 4.69) is 15.5 Å². The van der Waals surface area contributed by atoms with Crippen molar-refractivity contribution in [1.82, 2.24) is 10.2 Å². The van der Waals surface area contributed by atoms with Gasteiger partial charge < -0.3 is 13.9 Å². The molecule has 32 heavy (non-hydrogen) atoms. The Hall–Kier alpha value is -4.65.